The molecule has 0 bridgehead atoms. The molecule has 2 heterocycles. The third kappa shape index (κ3) is 2.85. The van der Waals surface area contributed by atoms with E-state index in [0.29, 0.717) is 11.1 Å². The van der Waals surface area contributed by atoms with Crippen molar-refractivity contribution < 1.29 is 0 Å². The summed E-state index contributed by atoms with van der Waals surface area (Å²) in [5.41, 5.74) is 1.29. The van der Waals surface area contributed by atoms with Gasteiger partial charge in [0.25, 0.3) is 0 Å². The number of fused-ring (bicyclic) bond motifs is 1. The second-order valence-corrected chi connectivity index (χ2v) is 5.39. The average Bonchev–Trinajstić information content (AvgIpc) is 2.89. The van der Waals surface area contributed by atoms with Crippen LogP contribution >= 0.6 is 22.9 Å². The van der Waals surface area contributed by atoms with Crippen molar-refractivity contribution in [1.82, 2.24) is 9.97 Å². The van der Waals surface area contributed by atoms with Gasteiger partial charge in [-0.15, -0.1) is 11.3 Å². The molecule has 3 nitrogen and oxygen atoms in total. The molecule has 0 spiro atoms. The van der Waals surface area contributed by atoms with Crippen molar-refractivity contribution in [3.05, 3.63) is 52.5 Å². The fourth-order valence-corrected chi connectivity index (χ4v) is 2.91. The number of halogens is 1. The Morgan fingerprint density at radius 3 is 2.79 bits per heavy atom. The smallest absolute Gasteiger partial charge is 0.225 e. The van der Waals surface area contributed by atoms with Gasteiger partial charge in [0.1, 0.15) is 9.98 Å². The summed E-state index contributed by atoms with van der Waals surface area (Å²) in [4.78, 5) is 9.61. The first-order valence-corrected chi connectivity index (χ1v) is 7.27. The molecular weight excluding hydrogens is 278 g/mol. The van der Waals surface area contributed by atoms with Crippen LogP contribution in [-0.4, -0.2) is 16.5 Å². The van der Waals surface area contributed by atoms with Crippen molar-refractivity contribution in [2.45, 2.75) is 6.42 Å². The first-order chi connectivity index (χ1) is 9.33. The standard InChI is InChI=1S/C14H12ClN3S/c15-12-11-7-9-19-13(11)18-14(17-12)16-8-6-10-4-2-1-3-5-10/h1-5,7,9H,6,8H2,(H,16,17,18). The minimum atomic E-state index is 0.508. The van der Waals surface area contributed by atoms with Crippen LogP contribution in [0.2, 0.25) is 5.15 Å². The molecule has 1 aromatic carbocycles. The molecule has 3 rings (SSSR count). The largest absolute Gasteiger partial charge is 0.354 e. The van der Waals surface area contributed by atoms with Crippen LogP contribution in [-0.2, 0) is 6.42 Å². The molecular formula is C14H12ClN3S. The van der Waals surface area contributed by atoms with E-state index in [2.05, 4.69) is 27.4 Å². The topological polar surface area (TPSA) is 37.8 Å². The number of nitrogens with zero attached hydrogens (tertiary/aromatic N) is 2. The molecule has 0 aliphatic carbocycles. The summed E-state index contributed by atoms with van der Waals surface area (Å²) in [6.07, 6.45) is 0.935. The summed E-state index contributed by atoms with van der Waals surface area (Å²) in [6, 6.07) is 12.3. The maximum absolute atomic E-state index is 6.12. The fourth-order valence-electron chi connectivity index (χ4n) is 1.86. The molecule has 0 aliphatic rings. The van der Waals surface area contributed by atoms with Crippen molar-refractivity contribution >= 4 is 39.1 Å². The number of aromatic nitrogens is 2. The number of benzene rings is 1. The van der Waals surface area contributed by atoms with Gasteiger partial charge >= 0.3 is 0 Å². The van der Waals surface area contributed by atoms with Gasteiger partial charge in [0.05, 0.1) is 0 Å². The Balaban J connectivity index is 1.68. The highest BCUT2D eigenvalue weighted by Gasteiger charge is 2.06. The van der Waals surface area contributed by atoms with E-state index >= 15 is 0 Å². The SMILES string of the molecule is Clc1nc(NCCc2ccccc2)nc2sccc12. The molecule has 0 radical (unpaired) electrons. The molecule has 5 heteroatoms. The van der Waals surface area contributed by atoms with Gasteiger partial charge in [0.2, 0.25) is 5.95 Å². The highest BCUT2D eigenvalue weighted by molar-refractivity contribution is 7.16. The Morgan fingerprint density at radius 1 is 1.11 bits per heavy atom. The van der Waals surface area contributed by atoms with E-state index < -0.39 is 0 Å². The van der Waals surface area contributed by atoms with Crippen molar-refractivity contribution in [3.8, 4) is 0 Å². The zero-order valence-corrected chi connectivity index (χ0v) is 11.7. The quantitative estimate of drug-likeness (QED) is 0.738. The Bertz CT molecular complexity index is 681. The van der Waals surface area contributed by atoms with Gasteiger partial charge in [-0.3, -0.25) is 0 Å². The van der Waals surface area contributed by atoms with Gasteiger partial charge in [-0.25, -0.2) is 9.97 Å². The summed E-state index contributed by atoms with van der Waals surface area (Å²) in [6.45, 7) is 0.789. The number of hydrogen-bond acceptors (Lipinski definition) is 4. The molecule has 19 heavy (non-hydrogen) atoms. The Morgan fingerprint density at radius 2 is 1.95 bits per heavy atom. The zero-order valence-electron chi connectivity index (χ0n) is 10.1. The minimum Gasteiger partial charge on any atom is -0.354 e. The average molecular weight is 290 g/mol. The van der Waals surface area contributed by atoms with Crippen LogP contribution in [0.5, 0.6) is 0 Å². The summed E-state index contributed by atoms with van der Waals surface area (Å²) < 4.78 is 0. The zero-order chi connectivity index (χ0) is 13.1. The first kappa shape index (κ1) is 12.4. The summed E-state index contributed by atoms with van der Waals surface area (Å²) in [7, 11) is 0. The van der Waals surface area contributed by atoms with E-state index in [1.54, 1.807) is 11.3 Å². The normalized spacial score (nSPS) is 10.8. The lowest BCUT2D eigenvalue weighted by atomic mass is 10.1. The molecule has 0 fully saturated rings. The molecule has 2 aromatic heterocycles. The van der Waals surface area contributed by atoms with Crippen LogP contribution in [0.3, 0.4) is 0 Å². The maximum Gasteiger partial charge on any atom is 0.225 e. The van der Waals surface area contributed by atoms with Gasteiger partial charge in [-0.2, -0.15) is 0 Å². The fraction of sp³-hybridized carbons (Fsp3) is 0.143. The first-order valence-electron chi connectivity index (χ1n) is 6.01. The molecule has 0 saturated heterocycles. The van der Waals surface area contributed by atoms with Crippen LogP contribution in [0.4, 0.5) is 5.95 Å². The van der Waals surface area contributed by atoms with Crippen LogP contribution in [0.1, 0.15) is 5.56 Å². The van der Waals surface area contributed by atoms with E-state index in [9.17, 15) is 0 Å². The van der Waals surface area contributed by atoms with Gasteiger partial charge in [0, 0.05) is 11.9 Å². The lowest BCUT2D eigenvalue weighted by Gasteiger charge is -2.05. The van der Waals surface area contributed by atoms with E-state index in [1.807, 2.05) is 29.6 Å². The van der Waals surface area contributed by atoms with Gasteiger partial charge in [-0.1, -0.05) is 41.9 Å². The Hall–Kier alpha value is -1.65. The van der Waals surface area contributed by atoms with Crippen LogP contribution in [0, 0.1) is 0 Å². The predicted octanol–water partition coefficient (Wildman–Crippen LogP) is 4.00. The minimum absolute atomic E-state index is 0.508. The molecule has 3 aromatic rings. The van der Waals surface area contributed by atoms with Crippen molar-refractivity contribution in [2.75, 3.05) is 11.9 Å². The highest BCUT2D eigenvalue weighted by Crippen LogP contribution is 2.25. The van der Waals surface area contributed by atoms with Gasteiger partial charge < -0.3 is 5.32 Å². The lowest BCUT2D eigenvalue weighted by molar-refractivity contribution is 0.992. The van der Waals surface area contributed by atoms with Gasteiger partial charge in [-0.05, 0) is 23.4 Å². The monoisotopic (exact) mass is 289 g/mol. The van der Waals surface area contributed by atoms with E-state index in [1.165, 1.54) is 5.56 Å². The van der Waals surface area contributed by atoms with E-state index in [0.717, 1.165) is 23.2 Å². The van der Waals surface area contributed by atoms with Gasteiger partial charge in [0.15, 0.2) is 0 Å². The molecule has 0 amide bonds. The highest BCUT2D eigenvalue weighted by atomic mass is 35.5. The number of hydrogen-bond donors (Lipinski definition) is 1. The van der Waals surface area contributed by atoms with Crippen molar-refractivity contribution in [1.29, 1.82) is 0 Å². The third-order valence-corrected chi connectivity index (χ3v) is 3.91. The molecule has 1 N–H and O–H groups in total. The lowest BCUT2D eigenvalue weighted by Crippen LogP contribution is -2.07. The summed E-state index contributed by atoms with van der Waals surface area (Å²) in [5.74, 6) is 0.593. The van der Waals surface area contributed by atoms with E-state index in [-0.39, 0.29) is 0 Å². The number of nitrogens with one attached hydrogen (secondary N) is 1. The van der Waals surface area contributed by atoms with Crippen LogP contribution in [0.25, 0.3) is 10.2 Å². The Labute approximate surface area is 120 Å². The molecule has 0 atom stereocenters. The number of thiophene rings is 1. The molecule has 0 aliphatic heterocycles. The molecule has 96 valence electrons. The second kappa shape index (κ2) is 5.55. The third-order valence-electron chi connectivity index (χ3n) is 2.82. The molecule has 0 saturated carbocycles. The van der Waals surface area contributed by atoms with Crippen LogP contribution < -0.4 is 5.32 Å². The van der Waals surface area contributed by atoms with E-state index in [4.69, 9.17) is 11.6 Å². The van der Waals surface area contributed by atoms with Crippen molar-refractivity contribution in [3.63, 3.8) is 0 Å². The maximum atomic E-state index is 6.12. The number of rotatable bonds is 4. The number of anilines is 1. The van der Waals surface area contributed by atoms with Crippen LogP contribution in [0.15, 0.2) is 41.8 Å². The molecule has 0 unspecified atom stereocenters. The Kier molecular flexibility index (Phi) is 3.62. The van der Waals surface area contributed by atoms with Crippen molar-refractivity contribution in [2.24, 2.45) is 0 Å². The summed E-state index contributed by atoms with van der Waals surface area (Å²) in [5, 5.41) is 6.61. The predicted molar refractivity (Wildman–Crippen MR) is 81.1 cm³/mol. The summed E-state index contributed by atoms with van der Waals surface area (Å²) >= 11 is 7.68. The second-order valence-electron chi connectivity index (χ2n) is 4.14.